The van der Waals surface area contributed by atoms with Crippen LogP contribution in [0.15, 0.2) is 170 Å². The Labute approximate surface area is 403 Å². The molecule has 0 fully saturated rings. The first-order valence-corrected chi connectivity index (χ1v) is 23.4. The van der Waals surface area contributed by atoms with Gasteiger partial charge in [0.2, 0.25) is 0 Å². The minimum Gasteiger partial charge on any atom is -0.311 e. The SMILES string of the molecule is [2H]c1c([2H])c(C(C)(C)C)c([2H])c2c1N(c1ccc(C(C)(C)C)cc1)c1cc(N(c3ccccc3)c3ccc4ccccc4c3)cc3c1B2c1c([2H])c(C(C)(C)C)c([2H])c([2H])c1N3c1ccc(C(C)(C)C)cc1. The highest BCUT2D eigenvalue weighted by molar-refractivity contribution is 7.00. The van der Waals surface area contributed by atoms with Crippen LogP contribution in [-0.2, 0) is 21.7 Å². The molecule has 2 aliphatic rings. The largest absolute Gasteiger partial charge is 0.311 e. The highest BCUT2D eigenvalue weighted by atomic mass is 15.2. The van der Waals surface area contributed by atoms with Crippen LogP contribution in [0.4, 0.5) is 51.2 Å². The second-order valence-electron chi connectivity index (χ2n) is 22.3. The maximum absolute atomic E-state index is 10.4. The number of hydrogen-bond acceptors (Lipinski definition) is 3. The maximum atomic E-state index is 10.4. The molecule has 0 atom stereocenters. The second kappa shape index (κ2) is 15.5. The van der Waals surface area contributed by atoms with Crippen LogP contribution in [-0.4, -0.2) is 6.71 Å². The lowest BCUT2D eigenvalue weighted by atomic mass is 9.33. The van der Waals surface area contributed by atoms with Crippen LogP contribution in [0, 0.1) is 0 Å². The summed E-state index contributed by atoms with van der Waals surface area (Å²) in [6, 6.07) is 46.7. The van der Waals surface area contributed by atoms with Gasteiger partial charge in [-0.1, -0.05) is 180 Å². The molecule has 2 aliphatic heterocycles. The third kappa shape index (κ3) is 7.59. The van der Waals surface area contributed by atoms with Crippen molar-refractivity contribution in [1.82, 2.24) is 0 Å². The van der Waals surface area contributed by atoms with Gasteiger partial charge >= 0.3 is 0 Å². The van der Waals surface area contributed by atoms with Crippen molar-refractivity contribution in [2.75, 3.05) is 14.7 Å². The van der Waals surface area contributed by atoms with Gasteiger partial charge in [0.15, 0.2) is 0 Å². The van der Waals surface area contributed by atoms with E-state index in [0.717, 1.165) is 67.2 Å². The minimum atomic E-state index is -0.827. The average molecular weight is 868 g/mol. The van der Waals surface area contributed by atoms with Crippen LogP contribution in [0.2, 0.25) is 0 Å². The summed E-state index contributed by atoms with van der Waals surface area (Å²) in [7, 11) is 0. The molecule has 0 amide bonds. The van der Waals surface area contributed by atoms with Gasteiger partial charge in [-0.05, 0) is 144 Å². The Morgan fingerprint density at radius 2 is 0.833 bits per heavy atom. The lowest BCUT2D eigenvalue weighted by Gasteiger charge is -2.45. The fraction of sp³-hybridized carbons (Fsp3) is 0.258. The van der Waals surface area contributed by atoms with Crippen LogP contribution in [0.25, 0.3) is 10.8 Å². The quantitative estimate of drug-likeness (QED) is 0.160. The van der Waals surface area contributed by atoms with Gasteiger partial charge in [-0.3, -0.25) is 0 Å². The molecular formula is C62H64BN3. The zero-order valence-corrected chi connectivity index (χ0v) is 40.6. The van der Waals surface area contributed by atoms with Crippen LogP contribution in [0.3, 0.4) is 0 Å². The molecule has 3 nitrogen and oxygen atoms in total. The van der Waals surface area contributed by atoms with Crippen LogP contribution >= 0.6 is 0 Å². The molecular weight excluding hydrogens is 798 g/mol. The van der Waals surface area contributed by atoms with Crippen LogP contribution in [0.5, 0.6) is 0 Å². The zero-order chi connectivity index (χ0) is 51.7. The number of nitrogens with zero attached hydrogens (tertiary/aromatic N) is 3. The number of benzene rings is 8. The predicted molar refractivity (Wildman–Crippen MR) is 287 cm³/mol. The van der Waals surface area contributed by atoms with E-state index in [1.807, 2.05) is 65.8 Å². The molecule has 0 unspecified atom stereocenters. The van der Waals surface area contributed by atoms with Crippen molar-refractivity contribution in [1.29, 1.82) is 0 Å². The summed E-state index contributed by atoms with van der Waals surface area (Å²) in [6.07, 6.45) is 0. The number of hydrogen-bond donors (Lipinski definition) is 0. The van der Waals surface area contributed by atoms with Gasteiger partial charge in [-0.2, -0.15) is 0 Å². The summed E-state index contributed by atoms with van der Waals surface area (Å²) in [6.45, 7) is 24.3. The van der Waals surface area contributed by atoms with Gasteiger partial charge in [-0.15, -0.1) is 0 Å². The third-order valence-corrected chi connectivity index (χ3v) is 13.3. The Balaban J connectivity index is 1.43. The van der Waals surface area contributed by atoms with E-state index < -0.39 is 17.5 Å². The summed E-state index contributed by atoms with van der Waals surface area (Å²) in [4.78, 5) is 6.43. The average Bonchev–Trinajstić information content (AvgIpc) is 3.31. The van der Waals surface area contributed by atoms with Crippen molar-refractivity contribution in [3.8, 4) is 0 Å². The van der Waals surface area contributed by atoms with E-state index in [0.29, 0.717) is 33.4 Å². The Hall–Kier alpha value is -6.52. The molecule has 8 aromatic carbocycles. The predicted octanol–water partition coefficient (Wildman–Crippen LogP) is 15.6. The Bertz CT molecular complexity index is 3300. The Kier molecular flexibility index (Phi) is 8.64. The monoisotopic (exact) mass is 868 g/mol. The molecule has 10 rings (SSSR count). The lowest BCUT2D eigenvalue weighted by molar-refractivity contribution is 0.590. The number of para-hydroxylation sites is 1. The summed E-state index contributed by atoms with van der Waals surface area (Å²) in [5, 5.41) is 2.20. The molecule has 0 saturated carbocycles. The van der Waals surface area contributed by atoms with E-state index in [1.165, 1.54) is 0 Å². The maximum Gasteiger partial charge on any atom is 0.252 e. The van der Waals surface area contributed by atoms with Gasteiger partial charge in [0.1, 0.15) is 0 Å². The minimum absolute atomic E-state index is 0.00889. The zero-order valence-electron chi connectivity index (χ0n) is 46.6. The molecule has 8 aromatic rings. The van der Waals surface area contributed by atoms with Crippen LogP contribution < -0.4 is 31.1 Å². The fourth-order valence-corrected chi connectivity index (χ4v) is 9.52. The first kappa shape index (κ1) is 36.7. The molecule has 4 heteroatoms. The Morgan fingerprint density at radius 3 is 1.29 bits per heavy atom. The first-order chi connectivity index (χ1) is 33.8. The summed E-state index contributed by atoms with van der Waals surface area (Å²) in [5.74, 6) is 0. The third-order valence-electron chi connectivity index (χ3n) is 13.3. The van der Waals surface area contributed by atoms with Gasteiger partial charge in [0, 0.05) is 45.5 Å². The van der Waals surface area contributed by atoms with Crippen molar-refractivity contribution in [2.24, 2.45) is 0 Å². The molecule has 0 radical (unpaired) electrons. The van der Waals surface area contributed by atoms with E-state index in [1.54, 1.807) is 0 Å². The number of rotatable bonds is 5. The Morgan fingerprint density at radius 1 is 0.394 bits per heavy atom. The lowest BCUT2D eigenvalue weighted by Crippen LogP contribution is -2.61. The standard InChI is InChI=1S/C62H64BN3/c1-59(2,3)43-23-30-48(31-24-43)65-54-34-27-45(61(7,8)9)37-52(54)63-53-38-46(62(10,11)12)28-35-55(53)66(49-32-25-44(26-33-49)60(4,5)6)57-40-51(39-56(65)58(57)63)64(47-20-14-13-15-21-47)50-29-22-41-18-16-17-19-42(41)36-50/h13-40H,1-12H3/i27D,28D,34D,35D,37D,38D. The summed E-state index contributed by atoms with van der Waals surface area (Å²) in [5.41, 5.74) is 9.86. The molecule has 66 heavy (non-hydrogen) atoms. The highest BCUT2D eigenvalue weighted by Gasteiger charge is 2.45. The molecule has 0 bridgehead atoms. The van der Waals surface area contributed by atoms with Crippen molar-refractivity contribution < 1.29 is 8.22 Å². The van der Waals surface area contributed by atoms with E-state index >= 15 is 0 Å². The van der Waals surface area contributed by atoms with E-state index in [9.17, 15) is 8.22 Å². The van der Waals surface area contributed by atoms with Crippen molar-refractivity contribution in [3.05, 3.63) is 192 Å². The van der Waals surface area contributed by atoms with E-state index in [-0.39, 0.29) is 47.1 Å². The smallest absolute Gasteiger partial charge is 0.252 e. The van der Waals surface area contributed by atoms with E-state index in [4.69, 9.17) is 0 Å². The van der Waals surface area contributed by atoms with Gasteiger partial charge in [0.25, 0.3) is 6.71 Å². The summed E-state index contributed by atoms with van der Waals surface area (Å²) < 4.78 is 60.9. The molecule has 0 aliphatic carbocycles. The fourth-order valence-electron chi connectivity index (χ4n) is 9.52. The molecule has 0 N–H and O–H groups in total. The first-order valence-electron chi connectivity index (χ1n) is 26.4. The normalized spacial score (nSPS) is 14.9. The molecule has 2 heterocycles. The van der Waals surface area contributed by atoms with E-state index in [2.05, 4.69) is 165 Å². The topological polar surface area (TPSA) is 9.72 Å². The molecule has 0 aromatic heterocycles. The summed E-state index contributed by atoms with van der Waals surface area (Å²) >= 11 is 0. The second-order valence-corrected chi connectivity index (χ2v) is 22.3. The van der Waals surface area contributed by atoms with Gasteiger partial charge < -0.3 is 14.7 Å². The van der Waals surface area contributed by atoms with Crippen molar-refractivity contribution in [3.63, 3.8) is 0 Å². The molecule has 330 valence electrons. The van der Waals surface area contributed by atoms with Gasteiger partial charge in [0.05, 0.1) is 13.9 Å². The van der Waals surface area contributed by atoms with Crippen LogP contribution in [0.1, 0.15) is 114 Å². The van der Waals surface area contributed by atoms with Gasteiger partial charge in [-0.25, -0.2) is 0 Å². The van der Waals surface area contributed by atoms with Crippen molar-refractivity contribution in [2.45, 2.75) is 105 Å². The number of anilines is 9. The highest BCUT2D eigenvalue weighted by Crippen LogP contribution is 2.49. The molecule has 0 saturated heterocycles. The van der Waals surface area contributed by atoms with Crippen molar-refractivity contribution >= 4 is 85.1 Å². The molecule has 0 spiro atoms. The number of fused-ring (bicyclic) bond motifs is 5.